The van der Waals surface area contributed by atoms with E-state index in [1.165, 1.54) is 11.9 Å². The number of fused-ring (bicyclic) bond motifs is 1. The molecule has 2 saturated heterocycles. The van der Waals surface area contributed by atoms with Crippen LogP contribution in [-0.4, -0.2) is 88.6 Å². The van der Waals surface area contributed by atoms with E-state index in [0.717, 1.165) is 47.8 Å². The maximum Gasteiger partial charge on any atom is 0.333 e. The molecule has 4 amide bonds. The molecular formula is C22H29N6O3+. The Morgan fingerprint density at radius 2 is 1.90 bits per heavy atom. The molecule has 0 radical (unpaired) electrons. The van der Waals surface area contributed by atoms with Crippen LogP contribution in [0.3, 0.4) is 0 Å². The number of aryl methyl sites for hydroxylation is 1. The van der Waals surface area contributed by atoms with Crippen LogP contribution in [0.1, 0.15) is 24.0 Å². The van der Waals surface area contributed by atoms with Crippen molar-refractivity contribution in [3.63, 3.8) is 0 Å². The van der Waals surface area contributed by atoms with Crippen molar-refractivity contribution in [2.24, 2.45) is 16.6 Å². The normalized spacial score (nSPS) is 22.8. The third-order valence-corrected chi connectivity index (χ3v) is 6.40. The van der Waals surface area contributed by atoms with E-state index in [0.29, 0.717) is 18.9 Å². The Hall–Kier alpha value is -3.07. The number of aliphatic imine (C=N–C) groups is 1. The summed E-state index contributed by atoms with van der Waals surface area (Å²) in [4.78, 5) is 46.6. The van der Waals surface area contributed by atoms with Crippen LogP contribution in [-0.2, 0) is 16.1 Å². The van der Waals surface area contributed by atoms with Gasteiger partial charge >= 0.3 is 11.9 Å². The van der Waals surface area contributed by atoms with Crippen molar-refractivity contribution in [2.45, 2.75) is 32.4 Å². The number of amides is 4. The number of rotatable bonds is 5. The molecule has 4 rings (SSSR count). The van der Waals surface area contributed by atoms with Crippen molar-refractivity contribution in [1.82, 2.24) is 14.7 Å². The summed E-state index contributed by atoms with van der Waals surface area (Å²) < 4.78 is 2.01. The van der Waals surface area contributed by atoms with E-state index in [2.05, 4.69) is 11.0 Å². The van der Waals surface area contributed by atoms with Crippen LogP contribution in [0.2, 0.25) is 0 Å². The van der Waals surface area contributed by atoms with Gasteiger partial charge in [-0.05, 0) is 43.4 Å². The molecule has 3 aliphatic rings. The van der Waals surface area contributed by atoms with Gasteiger partial charge in [0.05, 0.1) is 0 Å². The highest BCUT2D eigenvalue weighted by molar-refractivity contribution is 6.23. The van der Waals surface area contributed by atoms with Crippen LogP contribution >= 0.6 is 0 Å². The third-order valence-electron chi connectivity index (χ3n) is 6.40. The lowest BCUT2D eigenvalue weighted by Gasteiger charge is -2.31. The molecule has 0 aromatic heterocycles. The average Bonchev–Trinajstić information content (AvgIpc) is 3.09. The van der Waals surface area contributed by atoms with Gasteiger partial charge in [0.1, 0.15) is 13.1 Å². The number of hydrogen-bond donors (Lipinski definition) is 1. The zero-order chi connectivity index (χ0) is 22.3. The van der Waals surface area contributed by atoms with Crippen molar-refractivity contribution < 1.29 is 19.0 Å². The molecule has 3 aliphatic heterocycles. The Labute approximate surface area is 181 Å². The van der Waals surface area contributed by atoms with Crippen molar-refractivity contribution in [1.29, 1.82) is 0 Å². The maximum atomic E-state index is 13.1. The topological polar surface area (TPSA) is 102 Å². The molecular weight excluding hydrogens is 396 g/mol. The van der Waals surface area contributed by atoms with E-state index in [1.807, 2.05) is 29.7 Å². The van der Waals surface area contributed by atoms with Gasteiger partial charge in [-0.15, -0.1) is 0 Å². The fourth-order valence-electron chi connectivity index (χ4n) is 4.54. The first-order valence-corrected chi connectivity index (χ1v) is 10.6. The number of carbonyl (C=O) groups excluding carboxylic acids is 3. The zero-order valence-electron chi connectivity index (χ0n) is 18.2. The van der Waals surface area contributed by atoms with E-state index in [1.54, 1.807) is 7.05 Å². The monoisotopic (exact) mass is 425 g/mol. The number of likely N-dealkylation sites (tertiary alicyclic amines) is 1. The minimum Gasteiger partial charge on any atom is -0.369 e. The summed E-state index contributed by atoms with van der Waals surface area (Å²) in [6.07, 6.45) is 1.45. The number of nitrogens with two attached hydrogens (primary N) is 1. The Morgan fingerprint density at radius 3 is 2.55 bits per heavy atom. The van der Waals surface area contributed by atoms with Crippen molar-refractivity contribution >= 4 is 29.5 Å². The number of carbonyl (C=O) groups is 3. The Morgan fingerprint density at radius 1 is 1.19 bits per heavy atom. The molecule has 9 heteroatoms. The molecule has 0 saturated carbocycles. The van der Waals surface area contributed by atoms with Crippen LogP contribution in [0.4, 0.5) is 4.79 Å². The van der Waals surface area contributed by atoms with Crippen LogP contribution < -0.4 is 5.73 Å². The summed E-state index contributed by atoms with van der Waals surface area (Å²) in [5.74, 6) is 0.650. The molecule has 31 heavy (non-hydrogen) atoms. The molecule has 2 N–H and O–H groups in total. The quantitative estimate of drug-likeness (QED) is 0.690. The Kier molecular flexibility index (Phi) is 5.62. The number of imide groups is 1. The van der Waals surface area contributed by atoms with Gasteiger partial charge in [0.15, 0.2) is 0 Å². The minimum atomic E-state index is -0.619. The predicted octanol–water partition coefficient (Wildman–Crippen LogP) is 0.408. The smallest absolute Gasteiger partial charge is 0.333 e. The van der Waals surface area contributed by atoms with Gasteiger partial charge in [0.25, 0.3) is 17.8 Å². The summed E-state index contributed by atoms with van der Waals surface area (Å²) >= 11 is 0. The van der Waals surface area contributed by atoms with Crippen molar-refractivity contribution in [3.8, 4) is 0 Å². The van der Waals surface area contributed by atoms with Gasteiger partial charge in [0, 0.05) is 20.0 Å². The first-order valence-electron chi connectivity index (χ1n) is 10.6. The lowest BCUT2D eigenvalue weighted by molar-refractivity contribution is -0.552. The molecule has 3 heterocycles. The Bertz CT molecular complexity index is 993. The van der Waals surface area contributed by atoms with Gasteiger partial charge in [-0.25, -0.2) is 9.37 Å². The van der Waals surface area contributed by atoms with Crippen molar-refractivity contribution in [2.75, 3.05) is 33.7 Å². The lowest BCUT2D eigenvalue weighted by Crippen LogP contribution is -2.61. The van der Waals surface area contributed by atoms with E-state index < -0.39 is 6.04 Å². The summed E-state index contributed by atoms with van der Waals surface area (Å²) in [5.41, 5.74) is 7.69. The minimum absolute atomic E-state index is 0.0823. The predicted molar refractivity (Wildman–Crippen MR) is 116 cm³/mol. The molecule has 0 bridgehead atoms. The van der Waals surface area contributed by atoms with Gasteiger partial charge in [0.2, 0.25) is 5.91 Å². The number of primary amides is 1. The van der Waals surface area contributed by atoms with Crippen LogP contribution in [0.15, 0.2) is 29.3 Å². The second-order valence-electron chi connectivity index (χ2n) is 8.60. The lowest BCUT2D eigenvalue weighted by atomic mass is 9.96. The highest BCUT2D eigenvalue weighted by Crippen LogP contribution is 2.23. The largest absolute Gasteiger partial charge is 0.369 e. The van der Waals surface area contributed by atoms with Crippen molar-refractivity contribution in [3.05, 3.63) is 35.4 Å². The number of hydrogen-bond acceptors (Lipinski definition) is 5. The molecule has 1 unspecified atom stereocenters. The first-order chi connectivity index (χ1) is 14.8. The van der Waals surface area contributed by atoms with E-state index in [4.69, 9.17) is 10.7 Å². The maximum absolute atomic E-state index is 13.1. The molecule has 1 atom stereocenters. The van der Waals surface area contributed by atoms with Crippen LogP contribution in [0, 0.1) is 12.8 Å². The van der Waals surface area contributed by atoms with Gasteiger partial charge in [-0.3, -0.25) is 24.3 Å². The fourth-order valence-corrected chi connectivity index (χ4v) is 4.54. The number of benzene rings is 1. The molecule has 1 aromatic rings. The number of urea groups is 1. The summed E-state index contributed by atoms with van der Waals surface area (Å²) in [7, 11) is 3.17. The Balaban J connectivity index is 1.64. The van der Waals surface area contributed by atoms with E-state index in [9.17, 15) is 14.4 Å². The summed E-state index contributed by atoms with van der Waals surface area (Å²) in [6.45, 7) is 4.60. The molecule has 2 fully saturated rings. The number of likely N-dealkylation sites (N-methyl/N-ethyl adjacent to an activating group) is 2. The molecule has 0 spiro atoms. The molecule has 0 aliphatic carbocycles. The summed E-state index contributed by atoms with van der Waals surface area (Å²) in [6, 6.07) is 7.17. The molecule has 164 valence electrons. The third kappa shape index (κ3) is 3.97. The fraction of sp³-hybridized carbons (Fsp3) is 0.500. The van der Waals surface area contributed by atoms with E-state index in [-0.39, 0.29) is 23.8 Å². The standard InChI is InChI=1S/C22H28N6O3/c1-14-5-4-6-15(11-14)12-28-17(13-27-9-7-16(8-10-27)19(23)29)24-20-18(28)21(30)26(3)22(31)25(20)2/h4-6,11,16,18H,7-10,12-13H2,1-3H3,(H-,23,29)/p+1. The van der Waals surface area contributed by atoms with Gasteiger partial charge in [-0.2, -0.15) is 0 Å². The number of nitrogens with zero attached hydrogens (tertiary/aromatic N) is 5. The van der Waals surface area contributed by atoms with Gasteiger partial charge < -0.3 is 5.73 Å². The number of amidine groups is 2. The average molecular weight is 426 g/mol. The van der Waals surface area contributed by atoms with E-state index >= 15 is 0 Å². The highest BCUT2D eigenvalue weighted by atomic mass is 16.2. The highest BCUT2D eigenvalue weighted by Gasteiger charge is 2.53. The first kappa shape index (κ1) is 21.2. The molecule has 1 aromatic carbocycles. The van der Waals surface area contributed by atoms with Crippen LogP contribution in [0.25, 0.3) is 0 Å². The van der Waals surface area contributed by atoms with Crippen LogP contribution in [0.5, 0.6) is 0 Å². The number of piperidine rings is 1. The van der Waals surface area contributed by atoms with Gasteiger partial charge in [-0.1, -0.05) is 29.8 Å². The SMILES string of the molecule is Cc1cccc(C[N+]2=C(CN3CCC(C(N)=O)CC3)N=C3C2C(=O)N(C)C(=O)N3C)c1. The summed E-state index contributed by atoms with van der Waals surface area (Å²) in [5, 5.41) is 0. The second-order valence-corrected chi connectivity index (χ2v) is 8.60. The molecule has 9 nitrogen and oxygen atoms in total. The zero-order valence-corrected chi connectivity index (χ0v) is 18.2. The second kappa shape index (κ2) is 8.22.